The molecule has 1 aromatic heterocycles. The zero-order valence-corrected chi connectivity index (χ0v) is 12.8. The molecule has 0 aliphatic heterocycles. The topological polar surface area (TPSA) is 80.0 Å². The maximum absolute atomic E-state index is 11.8. The van der Waals surface area contributed by atoms with Crippen LogP contribution < -0.4 is 5.32 Å². The SMILES string of the molecule is CNC(CCSc1ncnn1C)(C(=O)O)c1ccccc1. The second-order valence-corrected chi connectivity index (χ2v) is 5.65. The van der Waals surface area contributed by atoms with Crippen LogP contribution in [0.15, 0.2) is 41.8 Å². The van der Waals surface area contributed by atoms with E-state index in [1.807, 2.05) is 37.4 Å². The van der Waals surface area contributed by atoms with E-state index in [0.717, 1.165) is 10.7 Å². The normalized spacial score (nSPS) is 13.8. The van der Waals surface area contributed by atoms with Gasteiger partial charge in [0.05, 0.1) is 0 Å². The molecule has 0 aliphatic rings. The summed E-state index contributed by atoms with van der Waals surface area (Å²) >= 11 is 1.49. The molecule has 0 saturated heterocycles. The van der Waals surface area contributed by atoms with Crippen molar-refractivity contribution in [3.05, 3.63) is 42.2 Å². The number of rotatable bonds is 7. The first kappa shape index (κ1) is 15.5. The maximum Gasteiger partial charge on any atom is 0.328 e. The van der Waals surface area contributed by atoms with Crippen molar-refractivity contribution in [2.24, 2.45) is 7.05 Å². The number of nitrogens with one attached hydrogen (secondary N) is 1. The van der Waals surface area contributed by atoms with Crippen LogP contribution in [0, 0.1) is 0 Å². The Morgan fingerprint density at radius 1 is 1.43 bits per heavy atom. The van der Waals surface area contributed by atoms with Gasteiger partial charge < -0.3 is 10.4 Å². The lowest BCUT2D eigenvalue weighted by Gasteiger charge is -2.29. The summed E-state index contributed by atoms with van der Waals surface area (Å²) in [6.45, 7) is 0. The molecule has 1 atom stereocenters. The molecule has 2 aromatic rings. The van der Waals surface area contributed by atoms with Crippen molar-refractivity contribution < 1.29 is 9.90 Å². The van der Waals surface area contributed by atoms with Gasteiger partial charge in [-0.15, -0.1) is 0 Å². The minimum Gasteiger partial charge on any atom is -0.480 e. The van der Waals surface area contributed by atoms with E-state index < -0.39 is 11.5 Å². The summed E-state index contributed by atoms with van der Waals surface area (Å²) in [6, 6.07) is 9.23. The summed E-state index contributed by atoms with van der Waals surface area (Å²) in [4.78, 5) is 15.9. The Kier molecular flexibility index (Phi) is 4.98. The van der Waals surface area contributed by atoms with Crippen molar-refractivity contribution in [2.45, 2.75) is 17.1 Å². The number of benzene rings is 1. The third-order valence-corrected chi connectivity index (χ3v) is 4.47. The van der Waals surface area contributed by atoms with Crippen LogP contribution in [-0.2, 0) is 17.4 Å². The minimum atomic E-state index is -1.09. The van der Waals surface area contributed by atoms with Crippen molar-refractivity contribution in [1.82, 2.24) is 20.1 Å². The predicted molar refractivity (Wildman–Crippen MR) is 81.2 cm³/mol. The Hall–Kier alpha value is -1.86. The fourth-order valence-electron chi connectivity index (χ4n) is 2.19. The predicted octanol–water partition coefficient (Wildman–Crippen LogP) is 1.50. The van der Waals surface area contributed by atoms with Gasteiger partial charge >= 0.3 is 5.97 Å². The van der Waals surface area contributed by atoms with Crippen LogP contribution >= 0.6 is 11.8 Å². The third-order valence-electron chi connectivity index (χ3n) is 3.44. The molecule has 0 spiro atoms. The van der Waals surface area contributed by atoms with Gasteiger partial charge in [-0.05, 0) is 19.0 Å². The second-order valence-electron chi connectivity index (χ2n) is 4.59. The molecule has 2 rings (SSSR count). The summed E-state index contributed by atoms with van der Waals surface area (Å²) in [5, 5.41) is 17.4. The Morgan fingerprint density at radius 2 is 2.14 bits per heavy atom. The lowest BCUT2D eigenvalue weighted by molar-refractivity contribution is -0.145. The third kappa shape index (κ3) is 3.25. The zero-order chi connectivity index (χ0) is 15.3. The molecule has 1 aromatic carbocycles. The molecule has 21 heavy (non-hydrogen) atoms. The summed E-state index contributed by atoms with van der Waals surface area (Å²) in [5.41, 5.74) is -0.342. The van der Waals surface area contributed by atoms with E-state index in [4.69, 9.17) is 0 Å². The molecule has 2 N–H and O–H groups in total. The monoisotopic (exact) mass is 306 g/mol. The average Bonchev–Trinajstić information content (AvgIpc) is 2.90. The number of aromatic nitrogens is 3. The van der Waals surface area contributed by atoms with Gasteiger partial charge in [-0.25, -0.2) is 14.5 Å². The molecule has 7 heteroatoms. The molecular weight excluding hydrogens is 288 g/mol. The Morgan fingerprint density at radius 3 is 2.67 bits per heavy atom. The van der Waals surface area contributed by atoms with Crippen LogP contribution in [-0.4, -0.2) is 38.6 Å². The molecule has 1 unspecified atom stereocenters. The highest BCUT2D eigenvalue weighted by atomic mass is 32.2. The molecule has 0 radical (unpaired) electrons. The van der Waals surface area contributed by atoms with Crippen LogP contribution in [0.25, 0.3) is 0 Å². The number of hydrogen-bond acceptors (Lipinski definition) is 5. The van der Waals surface area contributed by atoms with E-state index >= 15 is 0 Å². The molecule has 0 bridgehead atoms. The van der Waals surface area contributed by atoms with Crippen LogP contribution in [0.3, 0.4) is 0 Å². The summed E-state index contributed by atoms with van der Waals surface area (Å²) < 4.78 is 1.68. The van der Waals surface area contributed by atoms with Gasteiger partial charge in [-0.3, -0.25) is 0 Å². The molecule has 0 fully saturated rings. The van der Waals surface area contributed by atoms with Gasteiger partial charge in [-0.2, -0.15) is 5.10 Å². The number of thioether (sulfide) groups is 1. The number of hydrogen-bond donors (Lipinski definition) is 2. The van der Waals surface area contributed by atoms with E-state index in [9.17, 15) is 9.90 Å². The van der Waals surface area contributed by atoms with Crippen molar-refractivity contribution in [3.8, 4) is 0 Å². The number of nitrogens with zero attached hydrogens (tertiary/aromatic N) is 3. The van der Waals surface area contributed by atoms with Gasteiger partial charge in [-0.1, -0.05) is 42.1 Å². The average molecular weight is 306 g/mol. The number of aliphatic carboxylic acids is 1. The summed E-state index contributed by atoms with van der Waals surface area (Å²) in [6.07, 6.45) is 1.93. The molecule has 0 amide bonds. The molecule has 112 valence electrons. The quantitative estimate of drug-likeness (QED) is 0.755. The maximum atomic E-state index is 11.8. The van der Waals surface area contributed by atoms with Gasteiger partial charge in [0.25, 0.3) is 0 Å². The van der Waals surface area contributed by atoms with E-state index in [1.165, 1.54) is 18.1 Å². The molecule has 0 saturated carbocycles. The highest BCUT2D eigenvalue weighted by molar-refractivity contribution is 7.99. The van der Waals surface area contributed by atoms with Gasteiger partial charge in [0.2, 0.25) is 0 Å². The van der Waals surface area contributed by atoms with Crippen molar-refractivity contribution in [2.75, 3.05) is 12.8 Å². The van der Waals surface area contributed by atoms with E-state index in [0.29, 0.717) is 12.2 Å². The second kappa shape index (κ2) is 6.73. The fraction of sp³-hybridized carbons (Fsp3) is 0.357. The minimum absolute atomic E-state index is 0.445. The van der Waals surface area contributed by atoms with Crippen LogP contribution in [0.4, 0.5) is 0 Å². The smallest absolute Gasteiger partial charge is 0.328 e. The first-order chi connectivity index (χ1) is 10.1. The number of likely N-dealkylation sites (N-methyl/N-ethyl adjacent to an activating group) is 1. The van der Waals surface area contributed by atoms with Gasteiger partial charge in [0.1, 0.15) is 11.9 Å². The van der Waals surface area contributed by atoms with E-state index in [-0.39, 0.29) is 0 Å². The summed E-state index contributed by atoms with van der Waals surface area (Å²) in [5.74, 6) is -0.260. The number of carboxylic acids is 1. The van der Waals surface area contributed by atoms with Crippen LogP contribution in [0.5, 0.6) is 0 Å². The Labute approximate surface area is 127 Å². The fourth-order valence-corrected chi connectivity index (χ4v) is 3.13. The number of carboxylic acid groups (broad SMARTS) is 1. The Bertz CT molecular complexity index is 602. The number of aryl methyl sites for hydroxylation is 1. The highest BCUT2D eigenvalue weighted by Gasteiger charge is 2.38. The van der Waals surface area contributed by atoms with E-state index in [1.54, 1.807) is 11.7 Å². The highest BCUT2D eigenvalue weighted by Crippen LogP contribution is 2.28. The lowest BCUT2D eigenvalue weighted by atomic mass is 9.87. The largest absolute Gasteiger partial charge is 0.480 e. The van der Waals surface area contributed by atoms with Gasteiger partial charge in [0, 0.05) is 12.8 Å². The van der Waals surface area contributed by atoms with Crippen LogP contribution in [0.1, 0.15) is 12.0 Å². The molecule has 1 heterocycles. The lowest BCUT2D eigenvalue weighted by Crippen LogP contribution is -2.47. The number of carbonyl (C=O) groups is 1. The van der Waals surface area contributed by atoms with Crippen molar-refractivity contribution >= 4 is 17.7 Å². The molecule has 0 aliphatic carbocycles. The standard InChI is InChI=1S/C14H18N4O2S/c1-15-14(12(19)20,11-6-4-3-5-7-11)8-9-21-13-16-10-17-18(13)2/h3-7,10,15H,8-9H2,1-2H3,(H,19,20). The van der Waals surface area contributed by atoms with E-state index in [2.05, 4.69) is 15.4 Å². The molecule has 6 nitrogen and oxygen atoms in total. The zero-order valence-electron chi connectivity index (χ0n) is 12.0. The first-order valence-electron chi connectivity index (χ1n) is 6.55. The summed E-state index contributed by atoms with van der Waals surface area (Å²) in [7, 11) is 3.49. The Balaban J connectivity index is 2.14. The van der Waals surface area contributed by atoms with Crippen LogP contribution in [0.2, 0.25) is 0 Å². The first-order valence-corrected chi connectivity index (χ1v) is 7.53. The molecular formula is C14H18N4O2S. The van der Waals surface area contributed by atoms with Crippen molar-refractivity contribution in [1.29, 1.82) is 0 Å². The van der Waals surface area contributed by atoms with Gasteiger partial charge in [0.15, 0.2) is 5.16 Å². The van der Waals surface area contributed by atoms with Crippen molar-refractivity contribution in [3.63, 3.8) is 0 Å².